The number of rotatable bonds is 4. The van der Waals surface area contributed by atoms with Gasteiger partial charge in [0.15, 0.2) is 5.75 Å². The maximum Gasteiger partial charge on any atom is 0.511 e. The van der Waals surface area contributed by atoms with E-state index >= 15 is 0 Å². The van der Waals surface area contributed by atoms with E-state index in [2.05, 4.69) is 11.3 Å². The van der Waals surface area contributed by atoms with Crippen LogP contribution >= 0.6 is 0 Å². The molecule has 0 bridgehead atoms. The van der Waals surface area contributed by atoms with Crippen LogP contribution in [0.3, 0.4) is 0 Å². The molecule has 1 rings (SSSR count). The zero-order valence-electron chi connectivity index (χ0n) is 8.66. The van der Waals surface area contributed by atoms with Crippen molar-refractivity contribution in [3.8, 4) is 5.75 Å². The van der Waals surface area contributed by atoms with Crippen molar-refractivity contribution in [1.29, 1.82) is 0 Å². The second-order valence-electron chi connectivity index (χ2n) is 3.08. The number of benzene rings is 1. The van der Waals surface area contributed by atoms with Gasteiger partial charge in [0.2, 0.25) is 0 Å². The number of hydrogen-bond acceptors (Lipinski definition) is 4. The van der Waals surface area contributed by atoms with Crippen LogP contribution in [0, 0.1) is 0 Å². The molecule has 0 saturated heterocycles. The molecule has 0 amide bonds. The molecule has 0 spiro atoms. The highest BCUT2D eigenvalue weighted by Crippen LogP contribution is 2.28. The van der Waals surface area contributed by atoms with Gasteiger partial charge in [-0.25, -0.2) is 4.79 Å². The van der Waals surface area contributed by atoms with E-state index in [1.54, 1.807) is 0 Å². The number of carbonyl (C=O) groups is 1. The fraction of sp³-hybridized carbons (Fsp3) is 0.100. The Morgan fingerprint density at radius 1 is 1.47 bits per heavy atom. The predicted molar refractivity (Wildman–Crippen MR) is 58.8 cm³/mol. The first-order chi connectivity index (χ1) is 7.86. The first-order valence-corrected chi connectivity index (χ1v) is 5.91. The quantitative estimate of drug-likeness (QED) is 0.369. The normalized spacial score (nSPS) is 10.9. The fourth-order valence-electron chi connectivity index (χ4n) is 1.34. The Morgan fingerprint density at radius 2 is 2.12 bits per heavy atom. The summed E-state index contributed by atoms with van der Waals surface area (Å²) in [6.45, 7) is 3.44. The fourth-order valence-corrected chi connectivity index (χ4v) is 2.19. The molecule has 0 atom stereocenters. The molecule has 0 fully saturated rings. The number of allylic oxidation sites excluding steroid dienone is 1. The van der Waals surface area contributed by atoms with Crippen molar-refractivity contribution in [2.24, 2.45) is 0 Å². The molecule has 0 aliphatic carbocycles. The third-order valence-corrected chi connectivity index (χ3v) is 2.86. The van der Waals surface area contributed by atoms with Crippen LogP contribution < -0.4 is 4.74 Å². The molecule has 0 aliphatic heterocycles. The van der Waals surface area contributed by atoms with Crippen LogP contribution in [0.2, 0.25) is 0 Å². The van der Waals surface area contributed by atoms with Crippen LogP contribution in [0.15, 0.2) is 35.7 Å². The van der Waals surface area contributed by atoms with Gasteiger partial charge in [0.1, 0.15) is 4.90 Å². The Kier molecular flexibility index (Phi) is 3.87. The van der Waals surface area contributed by atoms with Gasteiger partial charge in [-0.3, -0.25) is 4.55 Å². The largest absolute Gasteiger partial charge is 0.511 e. The molecule has 0 aliphatic rings. The minimum absolute atomic E-state index is 0.159. The Hall–Kier alpha value is -1.86. The molecular weight excluding hydrogens is 248 g/mol. The zero-order valence-corrected chi connectivity index (χ0v) is 9.48. The lowest BCUT2D eigenvalue weighted by Gasteiger charge is -2.09. The minimum Gasteiger partial charge on any atom is -0.449 e. The summed E-state index contributed by atoms with van der Waals surface area (Å²) in [5, 5.41) is 8.46. The average Bonchev–Trinajstić information content (AvgIpc) is 2.15. The van der Waals surface area contributed by atoms with Crippen molar-refractivity contribution >= 4 is 16.3 Å². The van der Waals surface area contributed by atoms with E-state index in [1.165, 1.54) is 18.2 Å². The lowest BCUT2D eigenvalue weighted by atomic mass is 10.1. The lowest BCUT2D eigenvalue weighted by molar-refractivity contribution is 0.143. The number of ether oxygens (including phenoxy) is 1. The van der Waals surface area contributed by atoms with Gasteiger partial charge in [-0.05, 0) is 18.1 Å². The highest BCUT2D eigenvalue weighted by Gasteiger charge is 2.22. The molecule has 1 aromatic rings. The molecule has 1 aromatic carbocycles. The number of hydrogen-bond donors (Lipinski definition) is 2. The van der Waals surface area contributed by atoms with E-state index in [9.17, 15) is 13.2 Å². The van der Waals surface area contributed by atoms with Crippen molar-refractivity contribution in [2.45, 2.75) is 11.3 Å². The third-order valence-electron chi connectivity index (χ3n) is 1.88. The molecule has 0 aromatic heterocycles. The van der Waals surface area contributed by atoms with Gasteiger partial charge in [-0.1, -0.05) is 18.2 Å². The Labute approximate surface area is 97.9 Å². The summed E-state index contributed by atoms with van der Waals surface area (Å²) in [4.78, 5) is 9.84. The summed E-state index contributed by atoms with van der Waals surface area (Å²) in [5.41, 5.74) is 0.209. The van der Waals surface area contributed by atoms with E-state index in [0.29, 0.717) is 0 Å². The molecule has 2 N–H and O–H groups in total. The Morgan fingerprint density at radius 3 is 2.59 bits per heavy atom. The van der Waals surface area contributed by atoms with Crippen molar-refractivity contribution < 1.29 is 27.6 Å². The summed E-state index contributed by atoms with van der Waals surface area (Å²) in [6, 6.07) is 4.00. The monoisotopic (exact) mass is 258 g/mol. The standard InChI is InChI=1S/C10H10O6S/c1-2-4-7-5-3-6-8(16-10(11)12)9(7)17(13,14)15/h2-3,5-6H,1,4H2,(H,11,12)(H,13,14,15). The number of carboxylic acid groups (broad SMARTS) is 1. The third kappa shape index (κ3) is 3.30. The Bertz CT molecular complexity index is 546. The van der Waals surface area contributed by atoms with Crippen LogP contribution in [-0.2, 0) is 16.5 Å². The van der Waals surface area contributed by atoms with Gasteiger partial charge in [-0.15, -0.1) is 6.58 Å². The summed E-state index contributed by atoms with van der Waals surface area (Å²) < 4.78 is 35.7. The minimum atomic E-state index is -4.57. The van der Waals surface area contributed by atoms with Crippen molar-refractivity contribution in [3.63, 3.8) is 0 Å². The van der Waals surface area contributed by atoms with Crippen LogP contribution in [0.5, 0.6) is 5.75 Å². The van der Waals surface area contributed by atoms with Gasteiger partial charge in [-0.2, -0.15) is 8.42 Å². The van der Waals surface area contributed by atoms with Crippen LogP contribution in [0.1, 0.15) is 5.56 Å². The lowest BCUT2D eigenvalue weighted by Crippen LogP contribution is -2.10. The van der Waals surface area contributed by atoms with Crippen molar-refractivity contribution in [2.75, 3.05) is 0 Å². The van der Waals surface area contributed by atoms with E-state index < -0.39 is 26.9 Å². The smallest absolute Gasteiger partial charge is 0.449 e. The highest BCUT2D eigenvalue weighted by molar-refractivity contribution is 7.86. The summed E-state index contributed by atoms with van der Waals surface area (Å²) in [5.74, 6) is -0.431. The molecule has 6 nitrogen and oxygen atoms in total. The molecular formula is C10H10O6S. The van der Waals surface area contributed by atoms with Crippen molar-refractivity contribution in [3.05, 3.63) is 36.4 Å². The maximum atomic E-state index is 11.2. The van der Waals surface area contributed by atoms with Gasteiger partial charge in [0.05, 0.1) is 0 Å². The zero-order chi connectivity index (χ0) is 13.1. The molecule has 7 heteroatoms. The van der Waals surface area contributed by atoms with E-state index in [-0.39, 0.29) is 12.0 Å². The molecule has 0 heterocycles. The SMILES string of the molecule is C=CCc1cccc(OC(=O)O)c1S(=O)(=O)O. The summed E-state index contributed by atoms with van der Waals surface area (Å²) in [6.07, 6.45) is -0.0776. The molecule has 17 heavy (non-hydrogen) atoms. The maximum absolute atomic E-state index is 11.2. The first kappa shape index (κ1) is 13.2. The summed E-state index contributed by atoms with van der Waals surface area (Å²) >= 11 is 0. The van der Waals surface area contributed by atoms with Gasteiger partial charge < -0.3 is 9.84 Å². The van der Waals surface area contributed by atoms with E-state index in [0.717, 1.165) is 6.07 Å². The van der Waals surface area contributed by atoms with Crippen molar-refractivity contribution in [1.82, 2.24) is 0 Å². The second kappa shape index (κ2) is 4.98. The molecule has 92 valence electrons. The van der Waals surface area contributed by atoms with Crippen LogP contribution in [0.25, 0.3) is 0 Å². The highest BCUT2D eigenvalue weighted by atomic mass is 32.2. The predicted octanol–water partition coefficient (Wildman–Crippen LogP) is 1.72. The average molecular weight is 258 g/mol. The van der Waals surface area contributed by atoms with Gasteiger partial charge >= 0.3 is 6.16 Å². The molecule has 0 unspecified atom stereocenters. The van der Waals surface area contributed by atoms with Gasteiger partial charge in [0, 0.05) is 0 Å². The molecule has 0 radical (unpaired) electrons. The first-order valence-electron chi connectivity index (χ1n) is 4.47. The topological polar surface area (TPSA) is 101 Å². The van der Waals surface area contributed by atoms with Crippen LogP contribution in [0.4, 0.5) is 4.79 Å². The van der Waals surface area contributed by atoms with Crippen LogP contribution in [-0.4, -0.2) is 24.2 Å². The van der Waals surface area contributed by atoms with E-state index in [1.807, 2.05) is 0 Å². The Balaban J connectivity index is 3.44. The molecule has 0 saturated carbocycles. The van der Waals surface area contributed by atoms with E-state index in [4.69, 9.17) is 9.66 Å². The van der Waals surface area contributed by atoms with Gasteiger partial charge in [0.25, 0.3) is 10.1 Å². The second-order valence-corrected chi connectivity index (χ2v) is 4.44. The summed E-state index contributed by atoms with van der Waals surface area (Å²) in [7, 11) is -4.57.